The van der Waals surface area contributed by atoms with Crippen molar-refractivity contribution in [1.29, 1.82) is 0 Å². The molecular formula is C21H14F3N3OS. The lowest BCUT2D eigenvalue weighted by Crippen LogP contribution is -2.21. The van der Waals surface area contributed by atoms with E-state index in [4.69, 9.17) is 0 Å². The summed E-state index contributed by atoms with van der Waals surface area (Å²) in [5.74, 6) is -2.24. The van der Waals surface area contributed by atoms with E-state index in [2.05, 4.69) is 9.97 Å². The third-order valence-corrected chi connectivity index (χ3v) is 5.08. The van der Waals surface area contributed by atoms with E-state index in [1.807, 2.05) is 0 Å². The molecule has 146 valence electrons. The number of aryl methyl sites for hydroxylation is 1. The van der Waals surface area contributed by atoms with Crippen LogP contribution in [0.2, 0.25) is 0 Å². The van der Waals surface area contributed by atoms with Gasteiger partial charge in [-0.15, -0.1) is 0 Å². The van der Waals surface area contributed by atoms with Gasteiger partial charge in [-0.05, 0) is 49.1 Å². The van der Waals surface area contributed by atoms with Gasteiger partial charge in [-0.25, -0.2) is 23.1 Å². The SMILES string of the molecule is CSc1nc(-c2cc(F)ccc2C)c2ccc(=O)n(-c3c(F)cccc3F)c2n1. The summed E-state index contributed by atoms with van der Waals surface area (Å²) >= 11 is 1.20. The van der Waals surface area contributed by atoms with Gasteiger partial charge in [0, 0.05) is 17.0 Å². The maximum atomic E-state index is 14.5. The first-order valence-electron chi connectivity index (χ1n) is 8.59. The predicted molar refractivity (Wildman–Crippen MR) is 107 cm³/mol. The average Bonchev–Trinajstić information content (AvgIpc) is 2.70. The number of thioether (sulfide) groups is 1. The van der Waals surface area contributed by atoms with E-state index in [1.54, 1.807) is 19.2 Å². The van der Waals surface area contributed by atoms with Crippen LogP contribution in [-0.2, 0) is 0 Å². The van der Waals surface area contributed by atoms with Crippen LogP contribution >= 0.6 is 11.8 Å². The van der Waals surface area contributed by atoms with Crippen molar-refractivity contribution >= 4 is 22.8 Å². The van der Waals surface area contributed by atoms with E-state index < -0.39 is 28.7 Å². The van der Waals surface area contributed by atoms with E-state index in [9.17, 15) is 18.0 Å². The van der Waals surface area contributed by atoms with Crippen molar-refractivity contribution in [3.8, 4) is 16.9 Å². The van der Waals surface area contributed by atoms with E-state index in [0.717, 1.165) is 22.3 Å². The molecule has 0 radical (unpaired) electrons. The van der Waals surface area contributed by atoms with Crippen molar-refractivity contribution in [3.05, 3.63) is 81.9 Å². The molecule has 0 aliphatic rings. The van der Waals surface area contributed by atoms with Gasteiger partial charge in [0.05, 0.1) is 5.69 Å². The van der Waals surface area contributed by atoms with Crippen molar-refractivity contribution < 1.29 is 13.2 Å². The fourth-order valence-electron chi connectivity index (χ4n) is 3.16. The van der Waals surface area contributed by atoms with E-state index >= 15 is 0 Å². The molecule has 0 atom stereocenters. The molecule has 0 N–H and O–H groups in total. The number of para-hydroxylation sites is 1. The number of nitrogens with zero attached hydrogens (tertiary/aromatic N) is 3. The number of halogens is 3. The molecule has 2 heterocycles. The van der Waals surface area contributed by atoms with Crippen LogP contribution in [0.3, 0.4) is 0 Å². The lowest BCUT2D eigenvalue weighted by Gasteiger charge is -2.15. The number of hydrogen-bond acceptors (Lipinski definition) is 4. The molecule has 4 aromatic rings. The van der Waals surface area contributed by atoms with Crippen molar-refractivity contribution in [1.82, 2.24) is 14.5 Å². The summed E-state index contributed by atoms with van der Waals surface area (Å²) in [6, 6.07) is 10.3. The molecule has 0 bridgehead atoms. The summed E-state index contributed by atoms with van der Waals surface area (Å²) in [6.45, 7) is 1.80. The third-order valence-electron chi connectivity index (χ3n) is 4.53. The molecule has 0 amide bonds. The number of pyridine rings is 1. The Balaban J connectivity index is 2.17. The van der Waals surface area contributed by atoms with Gasteiger partial charge >= 0.3 is 0 Å². The second kappa shape index (κ2) is 7.36. The summed E-state index contributed by atoms with van der Waals surface area (Å²) in [5.41, 5.74) is 0.520. The highest BCUT2D eigenvalue weighted by molar-refractivity contribution is 7.98. The molecule has 2 aromatic carbocycles. The van der Waals surface area contributed by atoms with Crippen LogP contribution in [0.15, 0.2) is 58.5 Å². The standard InChI is InChI=1S/C21H14F3N3OS/c1-11-6-7-12(22)10-14(11)18-13-8-9-17(28)27(20(13)26-21(25-18)29-2)19-15(23)4-3-5-16(19)24/h3-10H,1-2H3. The van der Waals surface area contributed by atoms with Crippen molar-refractivity contribution in [3.63, 3.8) is 0 Å². The van der Waals surface area contributed by atoms with Crippen LogP contribution in [-0.4, -0.2) is 20.8 Å². The summed E-state index contributed by atoms with van der Waals surface area (Å²) in [6.07, 6.45) is 1.73. The largest absolute Gasteiger partial charge is 0.269 e. The second-order valence-electron chi connectivity index (χ2n) is 6.33. The van der Waals surface area contributed by atoms with Crippen LogP contribution < -0.4 is 5.56 Å². The fraction of sp³-hybridized carbons (Fsp3) is 0.0952. The number of rotatable bonds is 3. The van der Waals surface area contributed by atoms with Crippen LogP contribution in [0.1, 0.15) is 5.56 Å². The minimum Gasteiger partial charge on any atom is -0.269 e. The van der Waals surface area contributed by atoms with Crippen LogP contribution in [0.4, 0.5) is 13.2 Å². The van der Waals surface area contributed by atoms with Gasteiger partial charge in [0.1, 0.15) is 23.1 Å². The van der Waals surface area contributed by atoms with Gasteiger partial charge in [-0.1, -0.05) is 23.9 Å². The van der Waals surface area contributed by atoms with E-state index in [1.165, 1.54) is 42.1 Å². The second-order valence-corrected chi connectivity index (χ2v) is 7.11. The minimum atomic E-state index is -0.896. The maximum Gasteiger partial charge on any atom is 0.256 e. The maximum absolute atomic E-state index is 14.5. The minimum absolute atomic E-state index is 0.0412. The van der Waals surface area contributed by atoms with Crippen molar-refractivity contribution in [2.24, 2.45) is 0 Å². The van der Waals surface area contributed by atoms with Crippen molar-refractivity contribution in [2.75, 3.05) is 6.26 Å². The summed E-state index contributed by atoms with van der Waals surface area (Å²) in [7, 11) is 0. The topological polar surface area (TPSA) is 47.8 Å². The molecule has 0 unspecified atom stereocenters. The first-order chi connectivity index (χ1) is 13.9. The normalized spacial score (nSPS) is 11.2. The number of fused-ring (bicyclic) bond motifs is 1. The third kappa shape index (κ3) is 3.29. The van der Waals surface area contributed by atoms with Gasteiger partial charge in [-0.2, -0.15) is 0 Å². The van der Waals surface area contributed by atoms with Gasteiger partial charge < -0.3 is 0 Å². The summed E-state index contributed by atoms with van der Waals surface area (Å²) < 4.78 is 43.8. The van der Waals surface area contributed by atoms with Crippen molar-refractivity contribution in [2.45, 2.75) is 12.1 Å². The summed E-state index contributed by atoms with van der Waals surface area (Å²) in [4.78, 5) is 21.4. The highest BCUT2D eigenvalue weighted by Gasteiger charge is 2.20. The molecule has 29 heavy (non-hydrogen) atoms. The first kappa shape index (κ1) is 19.2. The lowest BCUT2D eigenvalue weighted by molar-refractivity contribution is 0.568. The zero-order valence-corrected chi connectivity index (χ0v) is 16.2. The molecule has 0 saturated carbocycles. The van der Waals surface area contributed by atoms with Gasteiger partial charge in [0.15, 0.2) is 10.8 Å². The first-order valence-corrected chi connectivity index (χ1v) is 9.82. The molecule has 0 saturated heterocycles. The van der Waals surface area contributed by atoms with Gasteiger partial charge in [0.25, 0.3) is 5.56 Å². The Hall–Kier alpha value is -3.13. The van der Waals surface area contributed by atoms with E-state index in [-0.39, 0.29) is 10.8 Å². The highest BCUT2D eigenvalue weighted by atomic mass is 32.2. The fourth-order valence-corrected chi connectivity index (χ4v) is 3.52. The van der Waals surface area contributed by atoms with Gasteiger partial charge in [0.2, 0.25) is 0 Å². The highest BCUT2D eigenvalue weighted by Crippen LogP contribution is 2.31. The lowest BCUT2D eigenvalue weighted by atomic mass is 10.0. The van der Waals surface area contributed by atoms with E-state index in [0.29, 0.717) is 16.6 Å². The molecule has 0 aliphatic carbocycles. The van der Waals surface area contributed by atoms with Crippen LogP contribution in [0, 0.1) is 24.4 Å². The molecular weight excluding hydrogens is 399 g/mol. The zero-order chi connectivity index (χ0) is 20.7. The smallest absolute Gasteiger partial charge is 0.256 e. The molecule has 0 spiro atoms. The van der Waals surface area contributed by atoms with Crippen LogP contribution in [0.5, 0.6) is 0 Å². The Morgan fingerprint density at radius 3 is 2.38 bits per heavy atom. The molecule has 0 aliphatic heterocycles. The average molecular weight is 413 g/mol. The summed E-state index contributed by atoms with van der Waals surface area (Å²) in [5, 5.41) is 0.658. The number of aromatic nitrogens is 3. The molecule has 8 heteroatoms. The Morgan fingerprint density at radius 1 is 0.966 bits per heavy atom. The molecule has 4 rings (SSSR count). The molecule has 0 fully saturated rings. The molecule has 4 nitrogen and oxygen atoms in total. The zero-order valence-electron chi connectivity index (χ0n) is 15.4. The monoisotopic (exact) mass is 413 g/mol. The number of benzene rings is 2. The Kier molecular flexibility index (Phi) is 4.87. The Bertz CT molecular complexity index is 1300. The Labute approximate surface area is 168 Å². The molecule has 2 aromatic heterocycles. The van der Waals surface area contributed by atoms with Crippen LogP contribution in [0.25, 0.3) is 28.0 Å². The number of hydrogen-bond donors (Lipinski definition) is 0. The Morgan fingerprint density at radius 2 is 1.69 bits per heavy atom. The quantitative estimate of drug-likeness (QED) is 0.354. The predicted octanol–water partition coefficient (Wildman–Crippen LogP) is 4.90. The van der Waals surface area contributed by atoms with Gasteiger partial charge in [-0.3, -0.25) is 9.36 Å².